The molecule has 4 rings (SSSR count). The first-order valence-corrected chi connectivity index (χ1v) is 11.3. The molecule has 2 aromatic heterocycles. The lowest BCUT2D eigenvalue weighted by molar-refractivity contribution is -0.834. The molecule has 6 nitrogen and oxygen atoms in total. The maximum absolute atomic E-state index is 13.1. The highest BCUT2D eigenvalue weighted by atomic mass is 16.1. The summed E-state index contributed by atoms with van der Waals surface area (Å²) in [7, 11) is 0. The number of carbonyl (C=O) groups excluding carboxylic acids is 1. The van der Waals surface area contributed by atoms with Crippen LogP contribution >= 0.6 is 0 Å². The first kappa shape index (κ1) is 21.5. The summed E-state index contributed by atoms with van der Waals surface area (Å²) in [6, 6.07) is 12.7. The van der Waals surface area contributed by atoms with Gasteiger partial charge in [-0.05, 0) is 23.0 Å². The molecule has 0 spiro atoms. The monoisotopic (exact) mass is 420 g/mol. The molecule has 3 heterocycles. The molecule has 0 unspecified atom stereocenters. The Morgan fingerprint density at radius 2 is 1.87 bits per heavy atom. The lowest BCUT2D eigenvalue weighted by Gasteiger charge is -2.23. The molecule has 3 aromatic rings. The van der Waals surface area contributed by atoms with Gasteiger partial charge in [0.1, 0.15) is 17.0 Å². The fourth-order valence-electron chi connectivity index (χ4n) is 4.21. The van der Waals surface area contributed by atoms with Crippen molar-refractivity contribution < 1.29 is 9.69 Å². The van der Waals surface area contributed by atoms with Crippen LogP contribution in [0.4, 0.5) is 5.69 Å². The minimum atomic E-state index is -0.0773. The van der Waals surface area contributed by atoms with Gasteiger partial charge in [-0.25, -0.2) is 4.98 Å². The molecule has 0 bridgehead atoms. The Hall–Kier alpha value is -2.70. The number of hydrogen-bond donors (Lipinski definition) is 3. The molecule has 164 valence electrons. The molecule has 31 heavy (non-hydrogen) atoms. The molecule has 1 amide bonds. The van der Waals surface area contributed by atoms with Gasteiger partial charge in [0, 0.05) is 38.0 Å². The van der Waals surface area contributed by atoms with Gasteiger partial charge in [-0.2, -0.15) is 0 Å². The Labute approximate surface area is 184 Å². The van der Waals surface area contributed by atoms with E-state index in [1.54, 1.807) is 0 Å². The van der Waals surface area contributed by atoms with Crippen LogP contribution in [-0.2, 0) is 18.4 Å². The maximum atomic E-state index is 13.1. The lowest BCUT2D eigenvalue weighted by Crippen LogP contribution is -3.10. The van der Waals surface area contributed by atoms with Gasteiger partial charge in [0.25, 0.3) is 5.91 Å². The zero-order valence-corrected chi connectivity index (χ0v) is 19.1. The largest absolute Gasteiger partial charge is 0.347 e. The van der Waals surface area contributed by atoms with Gasteiger partial charge in [0.15, 0.2) is 0 Å². The van der Waals surface area contributed by atoms with Crippen molar-refractivity contribution in [3.8, 4) is 0 Å². The summed E-state index contributed by atoms with van der Waals surface area (Å²) in [5.74, 6) is -0.0773. The van der Waals surface area contributed by atoms with Crippen molar-refractivity contribution in [2.45, 2.75) is 46.1 Å². The molecule has 1 aliphatic rings. The van der Waals surface area contributed by atoms with Crippen molar-refractivity contribution >= 4 is 17.2 Å². The number of nitrogens with zero attached hydrogens (tertiary/aromatic N) is 2. The van der Waals surface area contributed by atoms with Gasteiger partial charge >= 0.3 is 0 Å². The highest BCUT2D eigenvalue weighted by molar-refractivity contribution is 5.94. The summed E-state index contributed by atoms with van der Waals surface area (Å²) >= 11 is 0. The summed E-state index contributed by atoms with van der Waals surface area (Å²) in [6.45, 7) is 13.4. The van der Waals surface area contributed by atoms with Crippen molar-refractivity contribution in [2.75, 3.05) is 26.2 Å². The van der Waals surface area contributed by atoms with Crippen LogP contribution in [0, 0.1) is 0 Å². The molecule has 1 fully saturated rings. The second-order valence-electron chi connectivity index (χ2n) is 9.39. The van der Waals surface area contributed by atoms with E-state index in [2.05, 4.69) is 67.8 Å². The summed E-state index contributed by atoms with van der Waals surface area (Å²) in [4.78, 5) is 19.3. The predicted octanol–water partition coefficient (Wildman–Crippen LogP) is 2.24. The maximum Gasteiger partial charge on any atom is 0.270 e. The first-order chi connectivity index (χ1) is 14.9. The van der Waals surface area contributed by atoms with E-state index in [1.807, 2.05) is 17.5 Å². The smallest absolute Gasteiger partial charge is 0.270 e. The molecule has 0 atom stereocenters. The van der Waals surface area contributed by atoms with E-state index in [0.717, 1.165) is 49.5 Å². The number of rotatable bonds is 5. The minimum absolute atomic E-state index is 0.0773. The van der Waals surface area contributed by atoms with Crippen molar-refractivity contribution in [2.24, 2.45) is 0 Å². The highest BCUT2D eigenvalue weighted by Crippen LogP contribution is 2.22. The average molecular weight is 421 g/mol. The standard InChI is InChI=1S/C25H33N5O/c1-5-21-23(24(31)27-17-18-6-8-19(9-7-18)25(2,3)4)30-13-10-20(16-22(30)28-21)29-14-11-26-12-15-29/h6-10,13,16,26H,5,11-12,14-15,17H2,1-4H3,(H,27,31)/p+1. The number of aryl methyl sites for hydroxylation is 1. The Kier molecular flexibility index (Phi) is 6.12. The van der Waals surface area contributed by atoms with Gasteiger partial charge < -0.3 is 15.5 Å². The first-order valence-electron chi connectivity index (χ1n) is 11.3. The average Bonchev–Trinajstić information content (AvgIpc) is 3.15. The Morgan fingerprint density at radius 1 is 1.16 bits per heavy atom. The number of amides is 1. The third kappa shape index (κ3) is 4.65. The Balaban J connectivity index is 1.52. The highest BCUT2D eigenvalue weighted by Gasteiger charge is 2.21. The molecule has 1 saturated heterocycles. The molecule has 0 aliphatic carbocycles. The van der Waals surface area contributed by atoms with E-state index in [0.29, 0.717) is 12.2 Å². The fraction of sp³-hybridized carbons (Fsp3) is 0.440. The minimum Gasteiger partial charge on any atom is -0.347 e. The van der Waals surface area contributed by atoms with Crippen molar-refractivity contribution in [1.82, 2.24) is 20.0 Å². The molecule has 1 aliphatic heterocycles. The Bertz CT molecular complexity index is 1060. The number of hydrogen-bond acceptors (Lipinski definition) is 3. The van der Waals surface area contributed by atoms with E-state index in [1.165, 1.54) is 16.2 Å². The van der Waals surface area contributed by atoms with E-state index < -0.39 is 0 Å². The lowest BCUT2D eigenvalue weighted by atomic mass is 9.87. The molecular weight excluding hydrogens is 386 g/mol. The molecule has 6 heteroatoms. The third-order valence-electron chi connectivity index (χ3n) is 6.14. The SMILES string of the molecule is CCc1nc2cc([NH+]3CCNCC3)ccn2c1C(=O)NCc1ccc(C(C)(C)C)cc1. The Morgan fingerprint density at radius 3 is 2.52 bits per heavy atom. The van der Waals surface area contributed by atoms with Crippen LogP contribution in [0.5, 0.6) is 0 Å². The number of nitrogens with one attached hydrogen (secondary N) is 3. The van der Waals surface area contributed by atoms with Crippen LogP contribution in [0.3, 0.4) is 0 Å². The van der Waals surface area contributed by atoms with Gasteiger partial charge in [0.2, 0.25) is 0 Å². The molecular formula is C25H34N5O+. The van der Waals surface area contributed by atoms with Crippen molar-refractivity contribution in [3.05, 3.63) is 65.1 Å². The van der Waals surface area contributed by atoms with Crippen LogP contribution in [0.15, 0.2) is 42.6 Å². The topological polar surface area (TPSA) is 62.9 Å². The molecule has 0 saturated carbocycles. The summed E-state index contributed by atoms with van der Waals surface area (Å²) in [5, 5.41) is 6.49. The number of aromatic nitrogens is 2. The second-order valence-corrected chi connectivity index (χ2v) is 9.39. The predicted molar refractivity (Wildman–Crippen MR) is 124 cm³/mol. The number of benzene rings is 1. The summed E-state index contributed by atoms with van der Waals surface area (Å²) < 4.78 is 1.93. The van der Waals surface area contributed by atoms with Gasteiger partial charge in [-0.15, -0.1) is 0 Å². The second kappa shape index (κ2) is 8.81. The van der Waals surface area contributed by atoms with E-state index in [9.17, 15) is 4.79 Å². The zero-order valence-electron chi connectivity index (χ0n) is 19.1. The van der Waals surface area contributed by atoms with Crippen LogP contribution in [0.2, 0.25) is 0 Å². The third-order valence-corrected chi connectivity index (χ3v) is 6.14. The normalized spacial score (nSPS) is 15.4. The van der Waals surface area contributed by atoms with Crippen LogP contribution < -0.4 is 15.5 Å². The van der Waals surface area contributed by atoms with E-state index in [4.69, 9.17) is 4.98 Å². The zero-order chi connectivity index (χ0) is 22.0. The molecule has 3 N–H and O–H groups in total. The van der Waals surface area contributed by atoms with E-state index >= 15 is 0 Å². The quantitative estimate of drug-likeness (QED) is 0.593. The molecule has 1 aromatic carbocycles. The van der Waals surface area contributed by atoms with E-state index in [-0.39, 0.29) is 11.3 Å². The van der Waals surface area contributed by atoms with Gasteiger partial charge in [-0.1, -0.05) is 52.0 Å². The number of quaternary nitrogens is 1. The fourth-order valence-corrected chi connectivity index (χ4v) is 4.21. The van der Waals surface area contributed by atoms with Crippen LogP contribution in [0.1, 0.15) is 55.0 Å². The van der Waals surface area contributed by atoms with Crippen molar-refractivity contribution in [1.29, 1.82) is 0 Å². The molecule has 0 radical (unpaired) electrons. The van der Waals surface area contributed by atoms with Crippen LogP contribution in [0.25, 0.3) is 5.65 Å². The number of pyridine rings is 1. The number of fused-ring (bicyclic) bond motifs is 1. The van der Waals surface area contributed by atoms with Crippen LogP contribution in [-0.4, -0.2) is 41.5 Å². The number of piperazine rings is 1. The van der Waals surface area contributed by atoms with Crippen molar-refractivity contribution in [3.63, 3.8) is 0 Å². The number of carbonyl (C=O) groups is 1. The van der Waals surface area contributed by atoms with Gasteiger partial charge in [0.05, 0.1) is 18.8 Å². The summed E-state index contributed by atoms with van der Waals surface area (Å²) in [5.41, 5.74) is 6.09. The summed E-state index contributed by atoms with van der Waals surface area (Å²) in [6.07, 6.45) is 2.72. The number of imidazole rings is 1. The van der Waals surface area contributed by atoms with Gasteiger partial charge in [-0.3, -0.25) is 9.20 Å².